The lowest BCUT2D eigenvalue weighted by Gasteiger charge is -2.33. The van der Waals surface area contributed by atoms with Crippen LogP contribution in [0.5, 0.6) is 0 Å². The minimum atomic E-state index is -3.78. The first kappa shape index (κ1) is 23.5. The quantitative estimate of drug-likeness (QED) is 0.654. The molecule has 1 saturated heterocycles. The van der Waals surface area contributed by atoms with Crippen LogP contribution in [0.2, 0.25) is 10.0 Å². The van der Waals surface area contributed by atoms with E-state index in [1.54, 1.807) is 42.3 Å². The Kier molecular flexibility index (Phi) is 7.26. The Morgan fingerprint density at radius 2 is 1.68 bits per heavy atom. The van der Waals surface area contributed by atoms with Crippen molar-refractivity contribution < 1.29 is 18.0 Å². The van der Waals surface area contributed by atoms with Gasteiger partial charge in [-0.3, -0.25) is 9.59 Å². The Morgan fingerprint density at radius 1 is 1.03 bits per heavy atom. The molecule has 1 heterocycles. The van der Waals surface area contributed by atoms with Crippen molar-refractivity contribution in [2.45, 2.75) is 18.4 Å². The monoisotopic (exact) mass is 483 g/mol. The van der Waals surface area contributed by atoms with Gasteiger partial charge >= 0.3 is 0 Å². The zero-order chi connectivity index (χ0) is 22.8. The molecule has 0 radical (unpaired) electrons. The first-order chi connectivity index (χ1) is 14.6. The molecule has 1 fully saturated rings. The number of hydrogen-bond donors (Lipinski definition) is 0. The van der Waals surface area contributed by atoms with E-state index in [2.05, 4.69) is 0 Å². The van der Waals surface area contributed by atoms with Gasteiger partial charge in [0.1, 0.15) is 0 Å². The number of hydrogen-bond acceptors (Lipinski definition) is 4. The molecule has 0 unspecified atom stereocenters. The van der Waals surface area contributed by atoms with Gasteiger partial charge in [-0.2, -0.15) is 4.31 Å². The van der Waals surface area contributed by atoms with Gasteiger partial charge in [-0.1, -0.05) is 41.4 Å². The van der Waals surface area contributed by atoms with Crippen LogP contribution < -0.4 is 0 Å². The van der Waals surface area contributed by atoms with Crippen LogP contribution in [0.4, 0.5) is 0 Å². The number of halogens is 2. The summed E-state index contributed by atoms with van der Waals surface area (Å²) >= 11 is 12.2. The Hall–Kier alpha value is -2.13. The van der Waals surface area contributed by atoms with Crippen molar-refractivity contribution in [2.75, 3.05) is 33.2 Å². The molecular weight excluding hydrogens is 461 g/mol. The van der Waals surface area contributed by atoms with E-state index in [0.29, 0.717) is 28.7 Å². The fourth-order valence-corrected chi connectivity index (χ4v) is 5.25. The number of carbonyl (C=O) groups is 2. The van der Waals surface area contributed by atoms with E-state index >= 15 is 0 Å². The van der Waals surface area contributed by atoms with Crippen LogP contribution in [0, 0.1) is 0 Å². The summed E-state index contributed by atoms with van der Waals surface area (Å²) in [5, 5.41) is 0.780. The van der Waals surface area contributed by atoms with Gasteiger partial charge in [0.15, 0.2) is 0 Å². The van der Waals surface area contributed by atoms with Crippen LogP contribution in [0.3, 0.4) is 0 Å². The molecule has 166 valence electrons. The summed E-state index contributed by atoms with van der Waals surface area (Å²) in [7, 11) is -2.17. The molecule has 0 N–H and O–H groups in total. The number of sulfonamides is 1. The molecule has 2 aromatic carbocycles. The summed E-state index contributed by atoms with van der Waals surface area (Å²) in [4.78, 5) is 27.5. The normalized spacial score (nSPS) is 15.0. The lowest BCUT2D eigenvalue weighted by molar-refractivity contribution is -0.129. The third-order valence-corrected chi connectivity index (χ3v) is 7.94. The van der Waals surface area contributed by atoms with Crippen molar-refractivity contribution in [3.63, 3.8) is 0 Å². The van der Waals surface area contributed by atoms with Gasteiger partial charge in [-0.25, -0.2) is 8.42 Å². The van der Waals surface area contributed by atoms with Gasteiger partial charge in [0.25, 0.3) is 5.91 Å². The van der Waals surface area contributed by atoms with Crippen LogP contribution >= 0.6 is 23.2 Å². The summed E-state index contributed by atoms with van der Waals surface area (Å²) in [6, 6.07) is 11.2. The molecule has 0 aromatic heterocycles. The number of piperazine rings is 1. The lowest BCUT2D eigenvalue weighted by atomic mass is 10.1. The van der Waals surface area contributed by atoms with E-state index in [1.807, 2.05) is 0 Å². The SMILES string of the molecule is CC(=O)N1CCN(S(=O)(=O)c2cccc(C(=O)N(C)Cc3cccc(Cl)c3Cl)c2)CC1. The molecule has 10 heteroatoms. The number of amides is 2. The molecule has 0 atom stereocenters. The molecule has 7 nitrogen and oxygen atoms in total. The molecule has 2 amide bonds. The Labute approximate surface area is 192 Å². The second kappa shape index (κ2) is 9.56. The van der Waals surface area contributed by atoms with E-state index in [4.69, 9.17) is 23.2 Å². The van der Waals surface area contributed by atoms with Gasteiger partial charge in [0.2, 0.25) is 15.9 Å². The summed E-state index contributed by atoms with van der Waals surface area (Å²) in [5.74, 6) is -0.415. The van der Waals surface area contributed by atoms with E-state index < -0.39 is 10.0 Å². The maximum absolute atomic E-state index is 13.0. The van der Waals surface area contributed by atoms with Gasteiger partial charge < -0.3 is 9.80 Å². The second-order valence-corrected chi connectivity index (χ2v) is 10.0. The number of nitrogens with zero attached hydrogens (tertiary/aromatic N) is 3. The predicted octanol–water partition coefficient (Wildman–Crippen LogP) is 3.12. The minimum Gasteiger partial charge on any atom is -0.340 e. The number of carbonyl (C=O) groups excluding carboxylic acids is 2. The highest BCUT2D eigenvalue weighted by molar-refractivity contribution is 7.89. The van der Waals surface area contributed by atoms with Crippen molar-refractivity contribution in [3.8, 4) is 0 Å². The zero-order valence-corrected chi connectivity index (χ0v) is 19.5. The molecule has 0 aliphatic carbocycles. The van der Waals surface area contributed by atoms with Crippen LogP contribution in [0.25, 0.3) is 0 Å². The molecule has 1 aliphatic heterocycles. The summed E-state index contributed by atoms with van der Waals surface area (Å²) in [6.07, 6.45) is 0. The summed E-state index contributed by atoms with van der Waals surface area (Å²) in [5.41, 5.74) is 0.946. The minimum absolute atomic E-state index is 0.0452. The van der Waals surface area contributed by atoms with Crippen LogP contribution in [-0.2, 0) is 21.4 Å². The highest BCUT2D eigenvalue weighted by Gasteiger charge is 2.30. The molecule has 31 heavy (non-hydrogen) atoms. The fourth-order valence-electron chi connectivity index (χ4n) is 3.40. The largest absolute Gasteiger partial charge is 0.340 e. The van der Waals surface area contributed by atoms with E-state index in [9.17, 15) is 18.0 Å². The molecule has 3 rings (SSSR count). The smallest absolute Gasteiger partial charge is 0.253 e. The Bertz CT molecular complexity index is 1100. The molecule has 0 saturated carbocycles. The first-order valence-electron chi connectivity index (χ1n) is 9.65. The lowest BCUT2D eigenvalue weighted by Crippen LogP contribution is -2.49. The van der Waals surface area contributed by atoms with Gasteiger partial charge in [0.05, 0.1) is 14.9 Å². The highest BCUT2D eigenvalue weighted by atomic mass is 35.5. The third-order valence-electron chi connectivity index (χ3n) is 5.19. The maximum atomic E-state index is 13.0. The molecule has 0 bridgehead atoms. The van der Waals surface area contributed by atoms with Crippen molar-refractivity contribution in [2.24, 2.45) is 0 Å². The van der Waals surface area contributed by atoms with Gasteiger partial charge in [-0.05, 0) is 29.8 Å². The third kappa shape index (κ3) is 5.20. The van der Waals surface area contributed by atoms with E-state index in [-0.39, 0.29) is 41.9 Å². The van der Waals surface area contributed by atoms with Crippen LogP contribution in [-0.4, -0.2) is 67.6 Å². The van der Waals surface area contributed by atoms with Crippen molar-refractivity contribution in [1.82, 2.24) is 14.1 Å². The summed E-state index contributed by atoms with van der Waals surface area (Å²) < 4.78 is 27.4. The molecular formula is C21H23Cl2N3O4S. The number of benzene rings is 2. The van der Waals surface area contributed by atoms with Crippen molar-refractivity contribution in [3.05, 3.63) is 63.6 Å². The molecule has 0 spiro atoms. The number of rotatable bonds is 5. The predicted molar refractivity (Wildman–Crippen MR) is 120 cm³/mol. The maximum Gasteiger partial charge on any atom is 0.253 e. The molecule has 1 aliphatic rings. The average Bonchev–Trinajstić information content (AvgIpc) is 2.76. The molecule has 2 aromatic rings. The average molecular weight is 484 g/mol. The van der Waals surface area contributed by atoms with Crippen molar-refractivity contribution in [1.29, 1.82) is 0 Å². The first-order valence-corrected chi connectivity index (χ1v) is 11.8. The van der Waals surface area contributed by atoms with E-state index in [1.165, 1.54) is 28.3 Å². The fraction of sp³-hybridized carbons (Fsp3) is 0.333. The van der Waals surface area contributed by atoms with Gasteiger partial charge in [0, 0.05) is 52.3 Å². The Morgan fingerprint density at radius 3 is 2.32 bits per heavy atom. The van der Waals surface area contributed by atoms with Crippen LogP contribution in [0.15, 0.2) is 47.4 Å². The van der Waals surface area contributed by atoms with Crippen LogP contribution in [0.1, 0.15) is 22.8 Å². The Balaban J connectivity index is 1.76. The zero-order valence-electron chi connectivity index (χ0n) is 17.2. The van der Waals surface area contributed by atoms with Gasteiger partial charge in [-0.15, -0.1) is 0 Å². The topological polar surface area (TPSA) is 78.0 Å². The van der Waals surface area contributed by atoms with E-state index in [0.717, 1.165) is 0 Å². The second-order valence-electron chi connectivity index (χ2n) is 7.31. The summed E-state index contributed by atoms with van der Waals surface area (Å²) in [6.45, 7) is 2.81. The highest BCUT2D eigenvalue weighted by Crippen LogP contribution is 2.27. The standard InChI is InChI=1S/C21H23Cl2N3O4S/c1-15(27)25-9-11-26(12-10-25)31(29,30)18-7-3-5-16(13-18)21(28)24(2)14-17-6-4-8-19(22)20(17)23/h3-8,13H,9-12,14H2,1-2H3. The van der Waals surface area contributed by atoms with Crippen molar-refractivity contribution >= 4 is 45.0 Å².